The summed E-state index contributed by atoms with van der Waals surface area (Å²) in [4.78, 5) is 4.80. The van der Waals surface area contributed by atoms with E-state index in [4.69, 9.17) is 11.6 Å². The summed E-state index contributed by atoms with van der Waals surface area (Å²) >= 11 is 5.81. The van der Waals surface area contributed by atoms with Crippen molar-refractivity contribution >= 4 is 17.3 Å². The maximum absolute atomic E-state index is 5.81. The number of nitrogens with zero attached hydrogens (tertiary/aromatic N) is 2. The van der Waals surface area contributed by atoms with Gasteiger partial charge in [0, 0.05) is 30.7 Å². The Morgan fingerprint density at radius 3 is 2.35 bits per heavy atom. The first-order valence-electron chi connectivity index (χ1n) is 6.18. The zero-order valence-corrected chi connectivity index (χ0v) is 11.6. The Balaban J connectivity index is 2.08. The van der Waals surface area contributed by atoms with Crippen molar-refractivity contribution in [3.8, 4) is 0 Å². The number of alkyl halides is 1. The first-order valence-corrected chi connectivity index (χ1v) is 6.71. The smallest absolute Gasteiger partial charge is 0.0474 e. The Kier molecular flexibility index (Phi) is 3.95. The van der Waals surface area contributed by atoms with E-state index < -0.39 is 0 Å². The molecule has 0 aromatic heterocycles. The number of halogens is 1. The van der Waals surface area contributed by atoms with Crippen molar-refractivity contribution in [2.45, 2.75) is 18.8 Å². The van der Waals surface area contributed by atoms with Crippen LogP contribution in [0.25, 0.3) is 0 Å². The van der Waals surface area contributed by atoms with Crippen LogP contribution in [0, 0.1) is 5.92 Å². The monoisotopic (exact) mass is 252 g/mol. The molecule has 2 unspecified atom stereocenters. The van der Waals surface area contributed by atoms with Crippen LogP contribution >= 0.6 is 11.6 Å². The quantitative estimate of drug-likeness (QED) is 0.764. The second-order valence-corrected chi connectivity index (χ2v) is 5.48. The van der Waals surface area contributed by atoms with Crippen molar-refractivity contribution in [1.29, 1.82) is 0 Å². The Morgan fingerprint density at radius 1 is 1.24 bits per heavy atom. The number of benzene rings is 1. The van der Waals surface area contributed by atoms with Gasteiger partial charge in [-0.1, -0.05) is 19.1 Å². The van der Waals surface area contributed by atoms with Crippen LogP contribution in [-0.2, 0) is 5.88 Å². The number of rotatable bonds is 3. The molecular formula is C14H21ClN2. The summed E-state index contributed by atoms with van der Waals surface area (Å²) in [6.45, 7) is 4.59. The van der Waals surface area contributed by atoms with Gasteiger partial charge < -0.3 is 9.80 Å². The van der Waals surface area contributed by atoms with E-state index in [0.717, 1.165) is 19.0 Å². The highest BCUT2D eigenvalue weighted by molar-refractivity contribution is 6.17. The predicted octanol–water partition coefficient (Wildman–Crippen LogP) is 2.81. The first kappa shape index (κ1) is 12.7. The van der Waals surface area contributed by atoms with Crippen LogP contribution in [-0.4, -0.2) is 38.1 Å². The Labute approximate surface area is 109 Å². The molecule has 1 aromatic carbocycles. The van der Waals surface area contributed by atoms with Gasteiger partial charge in [-0.05, 0) is 37.7 Å². The van der Waals surface area contributed by atoms with Crippen LogP contribution < -0.4 is 4.90 Å². The van der Waals surface area contributed by atoms with E-state index in [0.29, 0.717) is 11.9 Å². The molecule has 1 heterocycles. The van der Waals surface area contributed by atoms with Gasteiger partial charge in [0.1, 0.15) is 0 Å². The molecule has 0 saturated carbocycles. The molecule has 2 atom stereocenters. The van der Waals surface area contributed by atoms with Gasteiger partial charge in [-0.15, -0.1) is 11.6 Å². The van der Waals surface area contributed by atoms with Crippen molar-refractivity contribution < 1.29 is 0 Å². The van der Waals surface area contributed by atoms with Crippen LogP contribution in [0.15, 0.2) is 24.3 Å². The second-order valence-electron chi connectivity index (χ2n) is 5.21. The van der Waals surface area contributed by atoms with Gasteiger partial charge in [0.05, 0.1) is 0 Å². The first-order chi connectivity index (χ1) is 8.11. The Bertz CT molecular complexity index is 361. The molecule has 0 spiro atoms. The lowest BCUT2D eigenvalue weighted by atomic mass is 10.1. The van der Waals surface area contributed by atoms with Crippen LogP contribution in [0.1, 0.15) is 12.5 Å². The molecule has 0 amide bonds. The minimum absolute atomic E-state index is 0.594. The Morgan fingerprint density at radius 2 is 1.88 bits per heavy atom. The summed E-state index contributed by atoms with van der Waals surface area (Å²) in [5, 5.41) is 0. The molecule has 0 aliphatic carbocycles. The summed E-state index contributed by atoms with van der Waals surface area (Å²) in [6.07, 6.45) is 0. The summed E-state index contributed by atoms with van der Waals surface area (Å²) in [6, 6.07) is 9.26. The highest BCUT2D eigenvalue weighted by Crippen LogP contribution is 2.26. The molecule has 1 saturated heterocycles. The molecule has 1 aromatic rings. The summed E-state index contributed by atoms with van der Waals surface area (Å²) < 4.78 is 0. The van der Waals surface area contributed by atoms with Gasteiger partial charge in [-0.3, -0.25) is 0 Å². The molecule has 1 fully saturated rings. The third kappa shape index (κ3) is 2.75. The van der Waals surface area contributed by atoms with Crippen LogP contribution in [0.3, 0.4) is 0 Å². The molecule has 1 aliphatic heterocycles. The van der Waals surface area contributed by atoms with Crippen molar-refractivity contribution in [3.05, 3.63) is 29.8 Å². The SMILES string of the molecule is CC1CN(c2ccc(CCl)cc2)CC1N(C)C. The van der Waals surface area contributed by atoms with Crippen molar-refractivity contribution in [2.75, 3.05) is 32.1 Å². The van der Waals surface area contributed by atoms with Crippen LogP contribution in [0.5, 0.6) is 0 Å². The number of hydrogen-bond acceptors (Lipinski definition) is 2. The highest BCUT2D eigenvalue weighted by atomic mass is 35.5. The number of anilines is 1. The lowest BCUT2D eigenvalue weighted by Crippen LogP contribution is -2.34. The van der Waals surface area contributed by atoms with Crippen molar-refractivity contribution in [3.63, 3.8) is 0 Å². The Hall–Kier alpha value is -0.730. The lowest BCUT2D eigenvalue weighted by Gasteiger charge is -2.23. The molecule has 3 heteroatoms. The molecular weight excluding hydrogens is 232 g/mol. The van der Waals surface area contributed by atoms with Crippen LogP contribution in [0.4, 0.5) is 5.69 Å². The second kappa shape index (κ2) is 5.28. The molecule has 0 bridgehead atoms. The zero-order valence-electron chi connectivity index (χ0n) is 10.9. The standard InChI is InChI=1S/C14H21ClN2/c1-11-9-17(10-14(11)16(2)3)13-6-4-12(8-15)5-7-13/h4-7,11,14H,8-10H2,1-3H3. The minimum atomic E-state index is 0.594. The largest absolute Gasteiger partial charge is 0.370 e. The van der Waals surface area contributed by atoms with Gasteiger partial charge in [0.15, 0.2) is 0 Å². The topological polar surface area (TPSA) is 6.48 Å². The predicted molar refractivity (Wildman–Crippen MR) is 74.9 cm³/mol. The molecule has 0 N–H and O–H groups in total. The molecule has 2 nitrogen and oxygen atoms in total. The van der Waals surface area contributed by atoms with Gasteiger partial charge in [0.2, 0.25) is 0 Å². The van der Waals surface area contributed by atoms with Crippen LogP contribution in [0.2, 0.25) is 0 Å². The molecule has 1 aliphatic rings. The fourth-order valence-corrected chi connectivity index (χ4v) is 2.81. The highest BCUT2D eigenvalue weighted by Gasteiger charge is 2.30. The average Bonchev–Trinajstić information content (AvgIpc) is 2.71. The van der Waals surface area contributed by atoms with E-state index in [1.54, 1.807) is 0 Å². The number of likely N-dealkylation sites (N-methyl/N-ethyl adjacent to an activating group) is 1. The fraction of sp³-hybridized carbons (Fsp3) is 0.571. The lowest BCUT2D eigenvalue weighted by molar-refractivity contribution is 0.266. The van der Waals surface area contributed by atoms with E-state index in [1.165, 1.54) is 11.3 Å². The molecule has 94 valence electrons. The van der Waals surface area contributed by atoms with Crippen molar-refractivity contribution in [1.82, 2.24) is 4.90 Å². The van der Waals surface area contributed by atoms with E-state index >= 15 is 0 Å². The molecule has 0 radical (unpaired) electrons. The summed E-state index contributed by atoms with van der Waals surface area (Å²) in [7, 11) is 4.34. The number of hydrogen-bond donors (Lipinski definition) is 0. The van der Waals surface area contributed by atoms with Gasteiger partial charge >= 0.3 is 0 Å². The van der Waals surface area contributed by atoms with Crippen molar-refractivity contribution in [2.24, 2.45) is 5.92 Å². The van der Waals surface area contributed by atoms with Gasteiger partial charge in [0.25, 0.3) is 0 Å². The maximum atomic E-state index is 5.81. The fourth-order valence-electron chi connectivity index (χ4n) is 2.63. The van der Waals surface area contributed by atoms with Gasteiger partial charge in [-0.25, -0.2) is 0 Å². The van der Waals surface area contributed by atoms with E-state index in [-0.39, 0.29) is 0 Å². The summed E-state index contributed by atoms with van der Waals surface area (Å²) in [5.41, 5.74) is 2.50. The minimum Gasteiger partial charge on any atom is -0.370 e. The average molecular weight is 253 g/mol. The zero-order chi connectivity index (χ0) is 12.4. The van der Waals surface area contributed by atoms with E-state index in [2.05, 4.69) is 55.1 Å². The van der Waals surface area contributed by atoms with E-state index in [1.807, 2.05) is 0 Å². The third-order valence-electron chi connectivity index (χ3n) is 3.69. The third-order valence-corrected chi connectivity index (χ3v) is 4.00. The van der Waals surface area contributed by atoms with Gasteiger partial charge in [-0.2, -0.15) is 0 Å². The summed E-state index contributed by atoms with van der Waals surface area (Å²) in [5.74, 6) is 1.31. The molecule has 2 rings (SSSR count). The normalized spacial score (nSPS) is 24.6. The molecule has 17 heavy (non-hydrogen) atoms. The maximum Gasteiger partial charge on any atom is 0.0474 e. The van der Waals surface area contributed by atoms with E-state index in [9.17, 15) is 0 Å².